The molecule has 2 aromatic rings. The summed E-state index contributed by atoms with van der Waals surface area (Å²) >= 11 is 0. The molecule has 0 aliphatic carbocycles. The van der Waals surface area contributed by atoms with Crippen LogP contribution in [0, 0.1) is 0 Å². The molecule has 2 aromatic carbocycles. The van der Waals surface area contributed by atoms with E-state index < -0.39 is 64.6 Å². The van der Waals surface area contributed by atoms with Crippen LogP contribution in [0.2, 0.25) is 0 Å². The van der Waals surface area contributed by atoms with Crippen molar-refractivity contribution in [2.24, 2.45) is 0 Å². The predicted octanol–water partition coefficient (Wildman–Crippen LogP) is 3.20. The standard InChI is InChI=1S/C14H8F6O6S2/c15-13(16,17)11-5-7(27(21,22)23)1-3-9(11)10-4-2-8(28(24,25)26)6-12(10)14(18,19)20/h1-6H,(H,21,22,23)(H,24,25,26)/p-2. The Morgan fingerprint density at radius 3 is 1.11 bits per heavy atom. The maximum absolute atomic E-state index is 13.3. The molecule has 28 heavy (non-hydrogen) atoms. The van der Waals surface area contributed by atoms with Crippen molar-refractivity contribution >= 4 is 20.2 Å². The lowest BCUT2D eigenvalue weighted by Gasteiger charge is -2.20. The first-order valence-electron chi connectivity index (χ1n) is 6.77. The molecule has 0 fully saturated rings. The fourth-order valence-corrected chi connectivity index (χ4v) is 3.29. The van der Waals surface area contributed by atoms with Crippen LogP contribution in [0.25, 0.3) is 11.1 Å². The Balaban J connectivity index is 2.91. The molecule has 0 spiro atoms. The third-order valence-corrected chi connectivity index (χ3v) is 5.12. The molecule has 0 saturated heterocycles. The van der Waals surface area contributed by atoms with Gasteiger partial charge in [0, 0.05) is 0 Å². The molecule has 0 unspecified atom stereocenters. The van der Waals surface area contributed by atoms with Gasteiger partial charge in [-0.1, -0.05) is 12.1 Å². The lowest BCUT2D eigenvalue weighted by Crippen LogP contribution is -2.13. The van der Waals surface area contributed by atoms with Gasteiger partial charge < -0.3 is 9.11 Å². The summed E-state index contributed by atoms with van der Waals surface area (Å²) in [6.07, 6.45) is -10.7. The van der Waals surface area contributed by atoms with Crippen LogP contribution in [-0.2, 0) is 32.6 Å². The molecule has 14 heteroatoms. The van der Waals surface area contributed by atoms with Crippen molar-refractivity contribution in [1.82, 2.24) is 0 Å². The van der Waals surface area contributed by atoms with E-state index in [0.29, 0.717) is 24.3 Å². The van der Waals surface area contributed by atoms with Crippen LogP contribution >= 0.6 is 0 Å². The molecule has 0 saturated carbocycles. The zero-order chi connectivity index (χ0) is 21.7. The summed E-state index contributed by atoms with van der Waals surface area (Å²) in [4.78, 5) is -2.65. The van der Waals surface area contributed by atoms with Gasteiger partial charge in [0.25, 0.3) is 0 Å². The number of hydrogen-bond donors (Lipinski definition) is 0. The summed E-state index contributed by atoms with van der Waals surface area (Å²) in [5.74, 6) is 0. The molecule has 0 aliphatic heterocycles. The van der Waals surface area contributed by atoms with Gasteiger partial charge in [0.15, 0.2) is 0 Å². The predicted molar refractivity (Wildman–Crippen MR) is 77.8 cm³/mol. The first kappa shape index (κ1) is 22.1. The van der Waals surface area contributed by atoms with Crippen LogP contribution in [0.1, 0.15) is 11.1 Å². The second-order valence-corrected chi connectivity index (χ2v) is 8.08. The molecule has 0 heterocycles. The monoisotopic (exact) mass is 448 g/mol. The highest BCUT2D eigenvalue weighted by atomic mass is 32.2. The molecule has 6 nitrogen and oxygen atoms in total. The molecule has 0 atom stereocenters. The van der Waals surface area contributed by atoms with E-state index in [2.05, 4.69) is 0 Å². The van der Waals surface area contributed by atoms with E-state index in [4.69, 9.17) is 0 Å². The SMILES string of the molecule is O=S(=O)([O-])c1ccc(-c2ccc(S(=O)(=O)[O-])cc2C(F)(F)F)c(C(F)(F)F)c1. The molecule has 0 radical (unpaired) electrons. The Labute approximate surface area is 153 Å². The number of benzene rings is 2. The first-order valence-corrected chi connectivity index (χ1v) is 9.58. The molecule has 0 aliphatic rings. The molecule has 154 valence electrons. The van der Waals surface area contributed by atoms with Gasteiger partial charge in [0.1, 0.15) is 20.2 Å². The normalized spacial score (nSPS) is 13.6. The molecular formula is C14H6F6O6S2-2. The van der Waals surface area contributed by atoms with Gasteiger partial charge in [0.2, 0.25) is 0 Å². The van der Waals surface area contributed by atoms with Crippen LogP contribution < -0.4 is 0 Å². The summed E-state index contributed by atoms with van der Waals surface area (Å²) in [6.45, 7) is 0. The van der Waals surface area contributed by atoms with Crippen molar-refractivity contribution in [2.75, 3.05) is 0 Å². The summed E-state index contributed by atoms with van der Waals surface area (Å²) in [7, 11) is -10.7. The van der Waals surface area contributed by atoms with Crippen LogP contribution in [-0.4, -0.2) is 25.9 Å². The van der Waals surface area contributed by atoms with Gasteiger partial charge in [0.05, 0.1) is 20.9 Å². The number of rotatable bonds is 3. The minimum Gasteiger partial charge on any atom is -0.744 e. The molecule has 0 amide bonds. The maximum atomic E-state index is 13.3. The quantitative estimate of drug-likeness (QED) is 0.526. The summed E-state index contributed by atoms with van der Waals surface area (Å²) < 4.78 is 145. The molecule has 0 N–H and O–H groups in total. The first-order chi connectivity index (χ1) is 12.4. The zero-order valence-electron chi connectivity index (χ0n) is 13.0. The third-order valence-electron chi connectivity index (χ3n) is 3.46. The fraction of sp³-hybridized carbons (Fsp3) is 0.143. The Morgan fingerprint density at radius 2 is 0.893 bits per heavy atom. The molecule has 0 aromatic heterocycles. The van der Waals surface area contributed by atoms with Crippen molar-refractivity contribution in [3.8, 4) is 11.1 Å². The van der Waals surface area contributed by atoms with Crippen LogP contribution in [0.4, 0.5) is 26.3 Å². The lowest BCUT2D eigenvalue weighted by molar-refractivity contribution is -0.139. The summed E-state index contributed by atoms with van der Waals surface area (Å²) in [5, 5.41) is 0. The van der Waals surface area contributed by atoms with Crippen LogP contribution in [0.5, 0.6) is 0 Å². The third kappa shape index (κ3) is 4.63. The average molecular weight is 448 g/mol. The minimum absolute atomic E-state index is 0.129. The number of alkyl halides is 6. The number of halogens is 6. The minimum atomic E-state index is -5.36. The van der Waals surface area contributed by atoms with Crippen molar-refractivity contribution in [1.29, 1.82) is 0 Å². The molecule has 2 rings (SSSR count). The Kier molecular flexibility index (Phi) is 5.31. The van der Waals surface area contributed by atoms with E-state index in [1.54, 1.807) is 0 Å². The van der Waals surface area contributed by atoms with Gasteiger partial charge in [-0.25, -0.2) is 16.8 Å². The topological polar surface area (TPSA) is 114 Å². The summed E-state index contributed by atoms with van der Waals surface area (Å²) in [5.41, 5.74) is -6.07. The van der Waals surface area contributed by atoms with Gasteiger partial charge in [-0.05, 0) is 35.4 Å². The second kappa shape index (κ2) is 6.72. The van der Waals surface area contributed by atoms with Crippen molar-refractivity contribution < 1.29 is 52.3 Å². The highest BCUT2D eigenvalue weighted by Crippen LogP contribution is 2.43. The van der Waals surface area contributed by atoms with E-state index in [-0.39, 0.29) is 12.1 Å². The number of hydrogen-bond acceptors (Lipinski definition) is 6. The summed E-state index contributed by atoms with van der Waals surface area (Å²) in [6, 6.07) is 1.18. The van der Waals surface area contributed by atoms with Crippen LogP contribution in [0.3, 0.4) is 0 Å². The maximum Gasteiger partial charge on any atom is 0.417 e. The average Bonchev–Trinajstić information content (AvgIpc) is 2.50. The Morgan fingerprint density at radius 1 is 0.607 bits per heavy atom. The van der Waals surface area contributed by atoms with Gasteiger partial charge in [-0.15, -0.1) is 0 Å². The second-order valence-electron chi connectivity index (χ2n) is 5.32. The van der Waals surface area contributed by atoms with Gasteiger partial charge in [-0.2, -0.15) is 26.3 Å². The largest absolute Gasteiger partial charge is 0.744 e. The van der Waals surface area contributed by atoms with Crippen molar-refractivity contribution in [3.05, 3.63) is 47.5 Å². The van der Waals surface area contributed by atoms with E-state index in [1.165, 1.54) is 0 Å². The smallest absolute Gasteiger partial charge is 0.417 e. The van der Waals surface area contributed by atoms with Crippen LogP contribution in [0.15, 0.2) is 46.2 Å². The van der Waals surface area contributed by atoms with E-state index >= 15 is 0 Å². The van der Waals surface area contributed by atoms with E-state index in [1.807, 2.05) is 0 Å². The van der Waals surface area contributed by atoms with Gasteiger partial charge in [-0.3, -0.25) is 0 Å². The van der Waals surface area contributed by atoms with E-state index in [9.17, 15) is 52.3 Å². The van der Waals surface area contributed by atoms with Gasteiger partial charge >= 0.3 is 12.4 Å². The molecule has 0 bridgehead atoms. The van der Waals surface area contributed by atoms with Crippen molar-refractivity contribution in [2.45, 2.75) is 22.1 Å². The Bertz CT molecular complexity index is 1040. The fourth-order valence-electron chi connectivity index (χ4n) is 2.30. The zero-order valence-corrected chi connectivity index (χ0v) is 14.6. The highest BCUT2D eigenvalue weighted by molar-refractivity contribution is 7.86. The van der Waals surface area contributed by atoms with Crippen molar-refractivity contribution in [3.63, 3.8) is 0 Å². The van der Waals surface area contributed by atoms with E-state index in [0.717, 1.165) is 0 Å². The highest BCUT2D eigenvalue weighted by Gasteiger charge is 2.39. The lowest BCUT2D eigenvalue weighted by atomic mass is 9.94. The Hall–Kier alpha value is -2.16. The molecular weight excluding hydrogens is 442 g/mol.